The highest BCUT2D eigenvalue weighted by atomic mass is 32.1. The minimum Gasteiger partial charge on any atom is -0.462 e. The van der Waals surface area contributed by atoms with E-state index in [9.17, 15) is 19.2 Å². The summed E-state index contributed by atoms with van der Waals surface area (Å²) < 4.78 is 11.5. The number of carbonyl (C=O) groups excluding carboxylic acids is 4. The maximum Gasteiger partial charge on any atom is 0.341 e. The zero-order valence-electron chi connectivity index (χ0n) is 17.9. The first-order valence-corrected chi connectivity index (χ1v) is 10.5. The summed E-state index contributed by atoms with van der Waals surface area (Å²) in [6.45, 7) is 2.76. The standard InChI is InChI=1S/C20H20N6O6S/c1-4-31-20(30)15-11(2)16(17(28)21-3)33-18(15)23-14(27)9-32-19(29)12-5-7-13(8-6-12)26-10-22-24-25-26/h5-8,10H,4,9H2,1-3H3,(H,21,28)(H,23,27). The van der Waals surface area contributed by atoms with Crippen LogP contribution < -0.4 is 10.6 Å². The Morgan fingerprint density at radius 3 is 2.42 bits per heavy atom. The monoisotopic (exact) mass is 472 g/mol. The van der Waals surface area contributed by atoms with Crippen molar-refractivity contribution in [2.45, 2.75) is 13.8 Å². The van der Waals surface area contributed by atoms with Crippen LogP contribution in [0.1, 0.15) is 42.9 Å². The van der Waals surface area contributed by atoms with E-state index in [0.717, 1.165) is 11.3 Å². The summed E-state index contributed by atoms with van der Waals surface area (Å²) in [6.07, 6.45) is 1.41. The lowest BCUT2D eigenvalue weighted by Crippen LogP contribution is -2.21. The maximum absolute atomic E-state index is 12.4. The highest BCUT2D eigenvalue weighted by Crippen LogP contribution is 2.33. The Balaban J connectivity index is 1.67. The molecular weight excluding hydrogens is 452 g/mol. The average Bonchev–Trinajstić information content (AvgIpc) is 3.45. The second kappa shape index (κ2) is 10.5. The summed E-state index contributed by atoms with van der Waals surface area (Å²) in [5.41, 5.74) is 1.33. The molecule has 3 rings (SSSR count). The van der Waals surface area contributed by atoms with Crippen LogP contribution in [0.3, 0.4) is 0 Å². The molecule has 172 valence electrons. The number of aromatic nitrogens is 4. The van der Waals surface area contributed by atoms with Crippen LogP contribution in [0.15, 0.2) is 30.6 Å². The molecule has 0 unspecified atom stereocenters. The molecule has 2 amide bonds. The van der Waals surface area contributed by atoms with Crippen molar-refractivity contribution in [1.29, 1.82) is 0 Å². The highest BCUT2D eigenvalue weighted by molar-refractivity contribution is 7.18. The molecular formula is C20H20N6O6S. The van der Waals surface area contributed by atoms with Crippen LogP contribution in [0.25, 0.3) is 5.69 Å². The molecule has 2 aromatic heterocycles. The second-order valence-corrected chi connectivity index (χ2v) is 7.51. The van der Waals surface area contributed by atoms with E-state index in [1.807, 2.05) is 0 Å². The predicted molar refractivity (Wildman–Crippen MR) is 116 cm³/mol. The number of hydrogen-bond acceptors (Lipinski definition) is 10. The van der Waals surface area contributed by atoms with Gasteiger partial charge in [0.25, 0.3) is 11.8 Å². The van der Waals surface area contributed by atoms with Crippen molar-refractivity contribution in [2.24, 2.45) is 0 Å². The van der Waals surface area contributed by atoms with Crippen LogP contribution in [-0.4, -0.2) is 64.2 Å². The summed E-state index contributed by atoms with van der Waals surface area (Å²) in [4.78, 5) is 49.4. The number of anilines is 1. The number of esters is 2. The van der Waals surface area contributed by atoms with Gasteiger partial charge in [0.05, 0.1) is 28.3 Å². The van der Waals surface area contributed by atoms with Gasteiger partial charge >= 0.3 is 11.9 Å². The SMILES string of the molecule is CCOC(=O)c1c(NC(=O)COC(=O)c2ccc(-n3cnnn3)cc2)sc(C(=O)NC)c1C. The number of nitrogens with one attached hydrogen (secondary N) is 2. The van der Waals surface area contributed by atoms with Crippen LogP contribution >= 0.6 is 11.3 Å². The largest absolute Gasteiger partial charge is 0.462 e. The van der Waals surface area contributed by atoms with Crippen molar-refractivity contribution >= 4 is 40.1 Å². The number of rotatable bonds is 8. The third-order valence-electron chi connectivity index (χ3n) is 4.36. The van der Waals surface area contributed by atoms with Crippen molar-refractivity contribution in [3.05, 3.63) is 52.2 Å². The Morgan fingerprint density at radius 2 is 1.82 bits per heavy atom. The number of ether oxygens (including phenoxy) is 2. The number of benzene rings is 1. The first-order chi connectivity index (χ1) is 15.8. The van der Waals surface area contributed by atoms with Crippen molar-refractivity contribution in [1.82, 2.24) is 25.5 Å². The molecule has 2 heterocycles. The molecule has 0 aliphatic rings. The molecule has 2 N–H and O–H groups in total. The predicted octanol–water partition coefficient (Wildman–Crippen LogP) is 1.36. The van der Waals surface area contributed by atoms with Gasteiger partial charge in [-0.25, -0.2) is 14.3 Å². The Hall–Kier alpha value is -4.13. The first-order valence-electron chi connectivity index (χ1n) is 9.68. The Kier molecular flexibility index (Phi) is 7.46. The van der Waals surface area contributed by atoms with Crippen molar-refractivity contribution < 1.29 is 28.7 Å². The summed E-state index contributed by atoms with van der Waals surface area (Å²) >= 11 is 0.928. The van der Waals surface area contributed by atoms with Crippen LogP contribution in [-0.2, 0) is 14.3 Å². The highest BCUT2D eigenvalue weighted by Gasteiger charge is 2.26. The zero-order chi connectivity index (χ0) is 24.0. The van der Waals surface area contributed by atoms with Gasteiger partial charge in [-0.1, -0.05) is 0 Å². The molecule has 12 nitrogen and oxygen atoms in total. The molecule has 0 aliphatic carbocycles. The van der Waals surface area contributed by atoms with Gasteiger partial charge in [-0.3, -0.25) is 9.59 Å². The molecule has 33 heavy (non-hydrogen) atoms. The molecule has 0 fully saturated rings. The van der Waals surface area contributed by atoms with Gasteiger partial charge in [0.15, 0.2) is 6.61 Å². The van der Waals surface area contributed by atoms with Crippen molar-refractivity contribution in [3.63, 3.8) is 0 Å². The molecule has 0 spiro atoms. The van der Waals surface area contributed by atoms with E-state index in [2.05, 4.69) is 26.2 Å². The van der Waals surface area contributed by atoms with Crippen LogP contribution in [0.5, 0.6) is 0 Å². The van der Waals surface area contributed by atoms with Crippen molar-refractivity contribution in [2.75, 3.05) is 25.6 Å². The first kappa shape index (κ1) is 23.5. The normalized spacial score (nSPS) is 10.4. The third-order valence-corrected chi connectivity index (χ3v) is 5.57. The van der Waals surface area contributed by atoms with Gasteiger partial charge in [0.2, 0.25) is 0 Å². The molecule has 0 saturated carbocycles. The average molecular weight is 472 g/mol. The zero-order valence-corrected chi connectivity index (χ0v) is 18.8. The molecule has 3 aromatic rings. The third kappa shape index (κ3) is 5.38. The van der Waals surface area contributed by atoms with E-state index in [-0.39, 0.29) is 27.6 Å². The molecule has 0 aliphatic heterocycles. The fourth-order valence-corrected chi connectivity index (χ4v) is 3.95. The molecule has 0 radical (unpaired) electrons. The van der Waals surface area contributed by atoms with Gasteiger partial charge in [-0.2, -0.15) is 0 Å². The summed E-state index contributed by atoms with van der Waals surface area (Å²) in [6, 6.07) is 6.25. The van der Waals surface area contributed by atoms with Gasteiger partial charge < -0.3 is 20.1 Å². The Bertz CT molecular complexity index is 1170. The summed E-state index contributed by atoms with van der Waals surface area (Å²) in [5, 5.41) is 16.0. The Morgan fingerprint density at radius 1 is 1.09 bits per heavy atom. The lowest BCUT2D eigenvalue weighted by atomic mass is 10.1. The van der Waals surface area contributed by atoms with E-state index in [1.165, 1.54) is 30.2 Å². The number of hydrogen-bond donors (Lipinski definition) is 2. The van der Waals surface area contributed by atoms with Crippen molar-refractivity contribution in [3.8, 4) is 5.69 Å². The molecule has 0 bridgehead atoms. The molecule has 1 aromatic carbocycles. The minimum atomic E-state index is -0.715. The van der Waals surface area contributed by atoms with E-state index in [1.54, 1.807) is 26.0 Å². The summed E-state index contributed by atoms with van der Waals surface area (Å²) in [7, 11) is 1.46. The van der Waals surface area contributed by atoms with E-state index in [0.29, 0.717) is 11.3 Å². The number of thiophene rings is 1. The van der Waals surface area contributed by atoms with Crippen LogP contribution in [0, 0.1) is 6.92 Å². The number of tetrazole rings is 1. The fraction of sp³-hybridized carbons (Fsp3) is 0.250. The second-order valence-electron chi connectivity index (χ2n) is 6.49. The van der Waals surface area contributed by atoms with E-state index >= 15 is 0 Å². The Labute approximate surface area is 191 Å². The lowest BCUT2D eigenvalue weighted by molar-refractivity contribution is -0.119. The van der Waals surface area contributed by atoms with E-state index < -0.39 is 30.4 Å². The number of nitrogens with zero attached hydrogens (tertiary/aromatic N) is 4. The minimum absolute atomic E-state index is 0.0818. The maximum atomic E-state index is 12.4. The quantitative estimate of drug-likeness (QED) is 0.462. The van der Waals surface area contributed by atoms with Crippen LogP contribution in [0.2, 0.25) is 0 Å². The number of amides is 2. The van der Waals surface area contributed by atoms with Gasteiger partial charge in [-0.15, -0.1) is 16.4 Å². The fourth-order valence-electron chi connectivity index (χ4n) is 2.79. The van der Waals surface area contributed by atoms with Gasteiger partial charge in [-0.05, 0) is 54.1 Å². The smallest absolute Gasteiger partial charge is 0.341 e. The molecule has 0 atom stereocenters. The lowest BCUT2D eigenvalue weighted by Gasteiger charge is -2.08. The van der Waals surface area contributed by atoms with Crippen LogP contribution in [0.4, 0.5) is 5.00 Å². The summed E-state index contributed by atoms with van der Waals surface area (Å²) in [5.74, 6) is -2.46. The topological polar surface area (TPSA) is 154 Å². The molecule has 13 heteroatoms. The molecule has 0 saturated heterocycles. The van der Waals surface area contributed by atoms with E-state index in [4.69, 9.17) is 9.47 Å². The number of carbonyl (C=O) groups is 4. The van der Waals surface area contributed by atoms with Gasteiger partial charge in [0, 0.05) is 7.05 Å². The van der Waals surface area contributed by atoms with Gasteiger partial charge in [0.1, 0.15) is 11.3 Å².